The van der Waals surface area contributed by atoms with E-state index >= 15 is 0 Å². The highest BCUT2D eigenvalue weighted by Gasteiger charge is 2.38. The fourth-order valence-corrected chi connectivity index (χ4v) is 4.83. The first-order valence-corrected chi connectivity index (χ1v) is 16.5. The lowest BCUT2D eigenvalue weighted by Gasteiger charge is -2.23. The second kappa shape index (κ2) is 21.5. The molecule has 14 heteroatoms. The molecule has 0 saturated heterocycles. The number of carboxylic acids is 2. The molecule has 0 aliphatic rings. The van der Waals surface area contributed by atoms with E-state index in [-0.39, 0.29) is 32.0 Å². The maximum absolute atomic E-state index is 13.5. The summed E-state index contributed by atoms with van der Waals surface area (Å²) in [7, 11) is 0. The number of nitrogens with one attached hydrogen (secondary N) is 3. The van der Waals surface area contributed by atoms with Crippen LogP contribution in [0.15, 0.2) is 109 Å². The van der Waals surface area contributed by atoms with E-state index in [2.05, 4.69) is 20.9 Å². The number of hydrogen-bond acceptors (Lipinski definition) is 7. The predicted octanol–water partition coefficient (Wildman–Crippen LogP) is 6.39. The van der Waals surface area contributed by atoms with Gasteiger partial charge in [-0.2, -0.15) is 13.2 Å². The Morgan fingerprint density at radius 1 is 0.750 bits per heavy atom. The number of aliphatic carboxylic acids is 2. The van der Waals surface area contributed by atoms with Crippen molar-refractivity contribution < 1.29 is 47.3 Å². The Hall–Kier alpha value is -5.76. The molecule has 276 valence electrons. The van der Waals surface area contributed by atoms with Gasteiger partial charge in [0, 0.05) is 19.2 Å². The number of unbranched alkanes of at least 4 members (excludes halogenated alkanes) is 2. The molecule has 4 rings (SSSR count). The van der Waals surface area contributed by atoms with E-state index < -0.39 is 36.1 Å². The maximum Gasteiger partial charge on any atom is 0.490 e. The van der Waals surface area contributed by atoms with Gasteiger partial charge in [0.1, 0.15) is 11.9 Å². The van der Waals surface area contributed by atoms with Crippen LogP contribution < -0.4 is 16.0 Å². The molecule has 2 amide bonds. The van der Waals surface area contributed by atoms with E-state index in [1.54, 1.807) is 6.20 Å². The largest absolute Gasteiger partial charge is 0.490 e. The van der Waals surface area contributed by atoms with Crippen LogP contribution >= 0.6 is 0 Å². The van der Waals surface area contributed by atoms with E-state index in [1.165, 1.54) is 0 Å². The fourth-order valence-electron chi connectivity index (χ4n) is 4.83. The third kappa shape index (κ3) is 15.4. The number of carbonyl (C=O) groups is 4. The van der Waals surface area contributed by atoms with Gasteiger partial charge in [0.15, 0.2) is 0 Å². The van der Waals surface area contributed by atoms with Gasteiger partial charge in [0.2, 0.25) is 11.8 Å². The van der Waals surface area contributed by atoms with Crippen molar-refractivity contribution in [3.8, 4) is 11.1 Å². The predicted molar refractivity (Wildman–Crippen MR) is 188 cm³/mol. The van der Waals surface area contributed by atoms with Crippen molar-refractivity contribution in [1.82, 2.24) is 15.6 Å². The average Bonchev–Trinajstić information content (AvgIpc) is 3.13. The zero-order valence-corrected chi connectivity index (χ0v) is 28.2. The van der Waals surface area contributed by atoms with Gasteiger partial charge in [-0.25, -0.2) is 9.78 Å². The van der Waals surface area contributed by atoms with Crippen LogP contribution in [-0.4, -0.2) is 64.3 Å². The van der Waals surface area contributed by atoms with Crippen LogP contribution in [0.3, 0.4) is 0 Å². The molecule has 1 unspecified atom stereocenters. The van der Waals surface area contributed by atoms with Gasteiger partial charge in [0.05, 0.1) is 25.7 Å². The summed E-state index contributed by atoms with van der Waals surface area (Å²) in [5.41, 5.74) is 3.60. The SMILES string of the molecule is O=C(O)C(F)(F)F.O=C(O)CC(NC(=O)[C@H](COCc1ccccc1)NC(=O)CCCCCNc1ccccn1)c1ccc(-c2ccccc2)cc1. The molecule has 0 aliphatic heterocycles. The molecule has 1 heterocycles. The van der Waals surface area contributed by atoms with Crippen molar-refractivity contribution in [2.24, 2.45) is 0 Å². The van der Waals surface area contributed by atoms with Crippen LogP contribution in [-0.2, 0) is 30.5 Å². The lowest BCUT2D eigenvalue weighted by Crippen LogP contribution is -2.50. The molecule has 0 radical (unpaired) electrons. The highest BCUT2D eigenvalue weighted by Crippen LogP contribution is 2.24. The first-order chi connectivity index (χ1) is 24.9. The Labute approximate surface area is 299 Å². The number of rotatable bonds is 18. The van der Waals surface area contributed by atoms with Gasteiger partial charge in [-0.05, 0) is 47.2 Å². The standard InChI is InChI=1S/C36H40N4O5.C2HF3O2/c41-34(17-8-3-10-22-37-33-16-9-11-23-38-33)39-32(26-45-25-27-12-4-1-5-13-27)36(44)40-31(24-35(42)43)30-20-18-29(19-21-30)28-14-6-2-7-15-28;3-2(4,5)1(6)7/h1-2,4-7,9,11-16,18-21,23,31-32H,3,8,10,17,22,24-26H2,(H,37,38)(H,39,41)(H,40,44)(H,42,43);(H,6,7)/t31?,32-;/m0./s1. The number of carbonyl (C=O) groups excluding carboxylic acids is 2. The van der Waals surface area contributed by atoms with Gasteiger partial charge in [0.25, 0.3) is 0 Å². The molecule has 0 spiro atoms. The number of benzene rings is 3. The van der Waals surface area contributed by atoms with E-state index in [1.807, 2.05) is 103 Å². The van der Waals surface area contributed by atoms with E-state index in [0.29, 0.717) is 12.0 Å². The van der Waals surface area contributed by atoms with Gasteiger partial charge < -0.3 is 30.9 Å². The lowest BCUT2D eigenvalue weighted by molar-refractivity contribution is -0.192. The van der Waals surface area contributed by atoms with Crippen LogP contribution in [0.1, 0.15) is 49.3 Å². The van der Waals surface area contributed by atoms with Crippen LogP contribution in [0, 0.1) is 0 Å². The third-order valence-corrected chi connectivity index (χ3v) is 7.46. The van der Waals surface area contributed by atoms with Crippen LogP contribution in [0.5, 0.6) is 0 Å². The third-order valence-electron chi connectivity index (χ3n) is 7.46. The monoisotopic (exact) mass is 722 g/mol. The number of nitrogens with zero attached hydrogens (tertiary/aromatic N) is 1. The number of alkyl halides is 3. The highest BCUT2D eigenvalue weighted by molar-refractivity contribution is 5.88. The highest BCUT2D eigenvalue weighted by atomic mass is 19.4. The fraction of sp³-hybridized carbons (Fsp3) is 0.289. The Kier molecular flexibility index (Phi) is 16.8. The Bertz CT molecular complexity index is 1680. The van der Waals surface area contributed by atoms with Gasteiger partial charge in [-0.1, -0.05) is 97.4 Å². The molecule has 3 aromatic carbocycles. The molecule has 0 saturated carbocycles. The molecule has 11 nitrogen and oxygen atoms in total. The molecule has 0 aliphatic carbocycles. The number of aromatic nitrogens is 1. The minimum absolute atomic E-state index is 0.0623. The molecule has 4 aromatic rings. The zero-order chi connectivity index (χ0) is 37.8. The van der Waals surface area contributed by atoms with Crippen molar-refractivity contribution in [3.05, 3.63) is 120 Å². The molecule has 5 N–H and O–H groups in total. The Morgan fingerprint density at radius 3 is 1.96 bits per heavy atom. The molecular weight excluding hydrogens is 681 g/mol. The number of carboxylic acid groups (broad SMARTS) is 2. The quantitative estimate of drug-likeness (QED) is 0.0732. The second-order valence-electron chi connectivity index (χ2n) is 11.5. The molecule has 0 fully saturated rings. The molecule has 1 aromatic heterocycles. The smallest absolute Gasteiger partial charge is 0.481 e. The topological polar surface area (TPSA) is 167 Å². The first kappa shape index (κ1) is 40.7. The van der Waals surface area contributed by atoms with Crippen molar-refractivity contribution in [2.45, 2.75) is 57.0 Å². The Morgan fingerprint density at radius 2 is 1.37 bits per heavy atom. The second-order valence-corrected chi connectivity index (χ2v) is 11.5. The lowest BCUT2D eigenvalue weighted by atomic mass is 9.99. The average molecular weight is 723 g/mol. The van der Waals surface area contributed by atoms with Crippen molar-refractivity contribution >= 4 is 29.6 Å². The summed E-state index contributed by atoms with van der Waals surface area (Å²) in [5.74, 6) is -3.76. The molecule has 0 bridgehead atoms. The normalized spacial score (nSPS) is 12.0. The summed E-state index contributed by atoms with van der Waals surface area (Å²) < 4.78 is 37.6. The minimum Gasteiger partial charge on any atom is -0.481 e. The number of ether oxygens (including phenoxy) is 1. The van der Waals surface area contributed by atoms with E-state index in [9.17, 15) is 32.7 Å². The number of anilines is 1. The molecule has 52 heavy (non-hydrogen) atoms. The van der Waals surface area contributed by atoms with Gasteiger partial charge in [-0.3, -0.25) is 14.4 Å². The summed E-state index contributed by atoms with van der Waals surface area (Å²) >= 11 is 0. The van der Waals surface area contributed by atoms with E-state index in [0.717, 1.165) is 41.9 Å². The summed E-state index contributed by atoms with van der Waals surface area (Å²) in [6.45, 7) is 0.949. The molecular formula is C38H41F3N4O7. The zero-order valence-electron chi connectivity index (χ0n) is 28.2. The van der Waals surface area contributed by atoms with Gasteiger partial charge in [-0.15, -0.1) is 0 Å². The van der Waals surface area contributed by atoms with Crippen molar-refractivity contribution in [2.75, 3.05) is 18.5 Å². The van der Waals surface area contributed by atoms with E-state index in [4.69, 9.17) is 14.6 Å². The van der Waals surface area contributed by atoms with Crippen molar-refractivity contribution in [1.29, 1.82) is 0 Å². The summed E-state index contributed by atoms with van der Waals surface area (Å²) in [6.07, 6.45) is -1.05. The summed E-state index contributed by atoms with van der Waals surface area (Å²) in [6, 6.07) is 30.7. The van der Waals surface area contributed by atoms with Gasteiger partial charge >= 0.3 is 18.1 Å². The van der Waals surface area contributed by atoms with Crippen molar-refractivity contribution in [3.63, 3.8) is 0 Å². The number of halogens is 3. The van der Waals surface area contributed by atoms with Crippen LogP contribution in [0.2, 0.25) is 0 Å². The number of pyridine rings is 1. The minimum atomic E-state index is -5.08. The maximum atomic E-state index is 13.5. The van der Waals surface area contributed by atoms with Crippen LogP contribution in [0.25, 0.3) is 11.1 Å². The first-order valence-electron chi connectivity index (χ1n) is 16.5. The molecule has 2 atom stereocenters. The summed E-state index contributed by atoms with van der Waals surface area (Å²) in [4.78, 5) is 51.3. The number of hydrogen-bond donors (Lipinski definition) is 5. The Balaban J connectivity index is 0.000000944. The summed E-state index contributed by atoms with van der Waals surface area (Å²) in [5, 5.41) is 25.6. The number of amides is 2. The van der Waals surface area contributed by atoms with Crippen LogP contribution in [0.4, 0.5) is 19.0 Å².